The number of likely N-dealkylation sites (N-methyl/N-ethyl adjacent to an activating group) is 1. The van der Waals surface area contributed by atoms with E-state index >= 15 is 0 Å². The van der Waals surface area contributed by atoms with E-state index in [1.807, 2.05) is 60.4 Å². The van der Waals surface area contributed by atoms with Crippen LogP contribution in [0.5, 0.6) is 11.5 Å². The molecule has 2 saturated heterocycles. The van der Waals surface area contributed by atoms with Gasteiger partial charge >= 0.3 is 0 Å². The molecule has 0 aromatic heterocycles. The number of likely N-dealkylation sites (tertiary alicyclic amines) is 2. The molecule has 1 N–H and O–H groups in total. The normalized spacial score (nSPS) is 24.8. The maximum Gasteiger partial charge on any atom is 0.253 e. The first-order valence-electron chi connectivity index (χ1n) is 10.5. The van der Waals surface area contributed by atoms with Crippen LogP contribution in [0.4, 0.5) is 0 Å². The van der Waals surface area contributed by atoms with Gasteiger partial charge in [0, 0.05) is 30.1 Å². The smallest absolute Gasteiger partial charge is 0.253 e. The molecular formula is C24H30N2O3. The number of ether oxygens (including phenoxy) is 1. The van der Waals surface area contributed by atoms with Crippen LogP contribution in [-0.2, 0) is 0 Å². The highest BCUT2D eigenvalue weighted by atomic mass is 16.5. The molecule has 2 aromatic carbocycles. The van der Waals surface area contributed by atoms with Gasteiger partial charge in [0.2, 0.25) is 0 Å². The van der Waals surface area contributed by atoms with Crippen molar-refractivity contribution in [1.82, 2.24) is 9.80 Å². The number of carbonyl (C=O) groups excluding carboxylic acids is 1. The van der Waals surface area contributed by atoms with E-state index in [1.165, 1.54) is 0 Å². The number of aliphatic hydroxyl groups is 1. The van der Waals surface area contributed by atoms with Gasteiger partial charge in [-0.2, -0.15) is 0 Å². The molecule has 0 spiro atoms. The summed E-state index contributed by atoms with van der Waals surface area (Å²) in [4.78, 5) is 17.4. The van der Waals surface area contributed by atoms with Crippen molar-refractivity contribution in [2.75, 3.05) is 33.3 Å². The lowest BCUT2D eigenvalue weighted by atomic mass is 9.69. The molecule has 2 heterocycles. The van der Waals surface area contributed by atoms with Crippen molar-refractivity contribution in [3.63, 3.8) is 0 Å². The first-order valence-corrected chi connectivity index (χ1v) is 10.5. The van der Waals surface area contributed by atoms with Gasteiger partial charge in [-0.3, -0.25) is 4.79 Å². The van der Waals surface area contributed by atoms with E-state index in [-0.39, 0.29) is 24.0 Å². The maximum absolute atomic E-state index is 13.1. The van der Waals surface area contributed by atoms with E-state index < -0.39 is 0 Å². The lowest BCUT2D eigenvalue weighted by Gasteiger charge is -2.53. The average molecular weight is 395 g/mol. The fourth-order valence-corrected chi connectivity index (χ4v) is 4.86. The highest BCUT2D eigenvalue weighted by Crippen LogP contribution is 2.41. The van der Waals surface area contributed by atoms with E-state index in [4.69, 9.17) is 4.74 Å². The molecule has 2 aliphatic rings. The molecular weight excluding hydrogens is 364 g/mol. The van der Waals surface area contributed by atoms with E-state index in [1.54, 1.807) is 0 Å². The molecule has 2 fully saturated rings. The minimum absolute atomic E-state index is 0.0534. The van der Waals surface area contributed by atoms with Gasteiger partial charge in [-0.1, -0.05) is 12.1 Å². The van der Waals surface area contributed by atoms with Crippen molar-refractivity contribution in [1.29, 1.82) is 0 Å². The number of hydrogen-bond donors (Lipinski definition) is 1. The summed E-state index contributed by atoms with van der Waals surface area (Å²) >= 11 is 0. The van der Waals surface area contributed by atoms with Crippen molar-refractivity contribution in [3.8, 4) is 11.5 Å². The zero-order valence-electron chi connectivity index (χ0n) is 17.3. The Morgan fingerprint density at radius 2 is 1.93 bits per heavy atom. The Kier molecular flexibility index (Phi) is 5.61. The summed E-state index contributed by atoms with van der Waals surface area (Å²) in [6, 6.07) is 15.5. The standard InChI is InChI=1S/C24H30N2O3/c1-18-5-3-6-21(15-18)29-20-9-7-19(8-10-20)23(28)26-14-12-24(17-27)11-4-13-25(2)22(24)16-26/h3,5-10,15,22,27H,4,11-14,16-17H2,1-2H3/t22-,24-/m1/s1. The minimum Gasteiger partial charge on any atom is -0.457 e. The van der Waals surface area contributed by atoms with Crippen molar-refractivity contribution < 1.29 is 14.6 Å². The van der Waals surface area contributed by atoms with Gasteiger partial charge in [0.15, 0.2) is 0 Å². The van der Waals surface area contributed by atoms with E-state index in [0.717, 1.165) is 42.9 Å². The van der Waals surface area contributed by atoms with Gasteiger partial charge < -0.3 is 19.6 Å². The monoisotopic (exact) mass is 394 g/mol. The number of amides is 1. The third kappa shape index (κ3) is 4.02. The number of benzene rings is 2. The molecule has 1 amide bonds. The quantitative estimate of drug-likeness (QED) is 0.859. The summed E-state index contributed by atoms with van der Waals surface area (Å²) in [7, 11) is 2.11. The lowest BCUT2D eigenvalue weighted by Crippen LogP contribution is -2.62. The Hall–Kier alpha value is -2.37. The zero-order valence-corrected chi connectivity index (χ0v) is 17.3. The second kappa shape index (κ2) is 8.17. The largest absolute Gasteiger partial charge is 0.457 e. The number of carbonyl (C=O) groups is 1. The summed E-state index contributed by atoms with van der Waals surface area (Å²) < 4.78 is 5.89. The molecule has 154 valence electrons. The van der Waals surface area contributed by atoms with Crippen LogP contribution >= 0.6 is 0 Å². The predicted octanol–water partition coefficient (Wildman–Crippen LogP) is 3.71. The molecule has 0 aliphatic carbocycles. The summed E-state index contributed by atoms with van der Waals surface area (Å²) in [6.07, 6.45) is 3.02. The predicted molar refractivity (Wildman–Crippen MR) is 113 cm³/mol. The second-order valence-electron chi connectivity index (χ2n) is 8.56. The zero-order chi connectivity index (χ0) is 20.4. The van der Waals surface area contributed by atoms with Crippen molar-refractivity contribution in [2.45, 2.75) is 32.2 Å². The summed E-state index contributed by atoms with van der Waals surface area (Å²) in [5.41, 5.74) is 1.76. The number of fused-ring (bicyclic) bond motifs is 1. The van der Waals surface area contributed by atoms with Gasteiger partial charge in [0.05, 0.1) is 6.61 Å². The molecule has 4 rings (SSSR count). The third-order valence-corrected chi connectivity index (χ3v) is 6.63. The molecule has 0 bridgehead atoms. The highest BCUT2D eigenvalue weighted by molar-refractivity contribution is 5.94. The summed E-state index contributed by atoms with van der Waals surface area (Å²) in [5, 5.41) is 10.1. The second-order valence-corrected chi connectivity index (χ2v) is 8.56. The molecule has 2 atom stereocenters. The molecule has 5 nitrogen and oxygen atoms in total. The average Bonchev–Trinajstić information content (AvgIpc) is 2.74. The number of piperidine rings is 2. The minimum atomic E-state index is -0.0602. The molecule has 2 aromatic rings. The fraction of sp³-hybridized carbons (Fsp3) is 0.458. The van der Waals surface area contributed by atoms with Crippen molar-refractivity contribution in [3.05, 3.63) is 59.7 Å². The van der Waals surface area contributed by atoms with Gasteiger partial charge in [-0.05, 0) is 81.7 Å². The van der Waals surface area contributed by atoms with Gasteiger partial charge in [0.25, 0.3) is 5.91 Å². The van der Waals surface area contributed by atoms with Crippen molar-refractivity contribution in [2.24, 2.45) is 5.41 Å². The van der Waals surface area contributed by atoms with Crippen molar-refractivity contribution >= 4 is 5.91 Å². The fourth-order valence-electron chi connectivity index (χ4n) is 4.86. The van der Waals surface area contributed by atoms with Crippen LogP contribution in [0.3, 0.4) is 0 Å². The SMILES string of the molecule is Cc1cccc(Oc2ccc(C(=O)N3CC[C@@]4(CO)CCCN(C)[C@@H]4C3)cc2)c1. The number of aryl methyl sites for hydroxylation is 1. The topological polar surface area (TPSA) is 53.0 Å². The number of nitrogens with zero attached hydrogens (tertiary/aromatic N) is 2. The van der Waals surface area contributed by atoms with Crippen LogP contribution in [0.15, 0.2) is 48.5 Å². The maximum atomic E-state index is 13.1. The lowest BCUT2D eigenvalue weighted by molar-refractivity contribution is -0.0601. The van der Waals surface area contributed by atoms with Gasteiger partial charge in [-0.25, -0.2) is 0 Å². The molecule has 0 unspecified atom stereocenters. The van der Waals surface area contributed by atoms with Crippen LogP contribution in [0.1, 0.15) is 35.2 Å². The Morgan fingerprint density at radius 3 is 2.66 bits per heavy atom. The Bertz CT molecular complexity index is 867. The molecule has 5 heteroatoms. The Balaban J connectivity index is 1.44. The van der Waals surface area contributed by atoms with Gasteiger partial charge in [-0.15, -0.1) is 0 Å². The van der Waals surface area contributed by atoms with E-state index in [9.17, 15) is 9.90 Å². The number of rotatable bonds is 4. The van der Waals surface area contributed by atoms with Gasteiger partial charge in [0.1, 0.15) is 11.5 Å². The molecule has 2 aliphatic heterocycles. The van der Waals surface area contributed by atoms with Crippen LogP contribution in [0.25, 0.3) is 0 Å². The summed E-state index contributed by atoms with van der Waals surface area (Å²) in [5.74, 6) is 1.57. The van der Waals surface area contributed by atoms with E-state index in [0.29, 0.717) is 18.7 Å². The Labute approximate surface area is 172 Å². The number of hydrogen-bond acceptors (Lipinski definition) is 4. The summed E-state index contributed by atoms with van der Waals surface area (Å²) in [6.45, 7) is 4.64. The van der Waals surface area contributed by atoms with Crippen LogP contribution in [0.2, 0.25) is 0 Å². The number of aliphatic hydroxyl groups excluding tert-OH is 1. The molecule has 29 heavy (non-hydrogen) atoms. The van der Waals surface area contributed by atoms with Crippen LogP contribution in [0, 0.1) is 12.3 Å². The Morgan fingerprint density at radius 1 is 1.14 bits per heavy atom. The molecule has 0 saturated carbocycles. The van der Waals surface area contributed by atoms with E-state index in [2.05, 4.69) is 11.9 Å². The van der Waals surface area contributed by atoms with Crippen LogP contribution in [-0.4, -0.2) is 60.1 Å². The third-order valence-electron chi connectivity index (χ3n) is 6.63. The first-order chi connectivity index (χ1) is 14.0. The van der Waals surface area contributed by atoms with Crippen LogP contribution < -0.4 is 4.74 Å². The highest BCUT2D eigenvalue weighted by Gasteiger charge is 2.47. The molecule has 0 radical (unpaired) electrons. The first kappa shape index (κ1) is 19.9.